The fourth-order valence-electron chi connectivity index (χ4n) is 2.88. The van der Waals surface area contributed by atoms with Crippen LogP contribution in [0.1, 0.15) is 29.1 Å². The number of oxazole rings is 1. The topological polar surface area (TPSA) is 127 Å². The molecule has 2 aromatic carbocycles. The van der Waals surface area contributed by atoms with E-state index in [-0.39, 0.29) is 30.4 Å². The van der Waals surface area contributed by atoms with Crippen molar-refractivity contribution < 1.29 is 27.5 Å². The molecule has 0 saturated heterocycles. The summed E-state index contributed by atoms with van der Waals surface area (Å²) in [5, 5.41) is 12.4. The van der Waals surface area contributed by atoms with Gasteiger partial charge in [0.1, 0.15) is 11.6 Å². The Morgan fingerprint density at radius 1 is 1.07 bits per heavy atom. The Labute approximate surface area is 173 Å². The van der Waals surface area contributed by atoms with Crippen LogP contribution in [-0.4, -0.2) is 48.6 Å². The number of para-hydroxylation sites is 2. The van der Waals surface area contributed by atoms with Crippen LogP contribution in [-0.2, 0) is 20.4 Å². The largest absolute Gasteiger partial charge is 0.434 e. The molecule has 2 N–H and O–H groups in total. The van der Waals surface area contributed by atoms with Gasteiger partial charge in [0.15, 0.2) is 15.4 Å². The molecule has 3 aromatic rings. The molecule has 0 radical (unpaired) electrons. The Morgan fingerprint density at radius 3 is 2.50 bits per heavy atom. The molecule has 30 heavy (non-hydrogen) atoms. The third-order valence-corrected chi connectivity index (χ3v) is 5.95. The molecule has 0 fully saturated rings. The number of Topliss-reactive ketones (excluding diaryl/α,β-unsaturated/α-hetero) is 1. The number of nitrogens with zero attached hydrogens (tertiary/aromatic N) is 1. The molecule has 8 nitrogen and oxygen atoms in total. The van der Waals surface area contributed by atoms with Gasteiger partial charge in [-0.05, 0) is 24.1 Å². The molecule has 0 spiro atoms. The van der Waals surface area contributed by atoms with E-state index in [1.54, 1.807) is 54.6 Å². The number of ketones is 1. The van der Waals surface area contributed by atoms with E-state index in [4.69, 9.17) is 4.42 Å². The fraction of sp³-hybridized carbons (Fsp3) is 0.286. The molecule has 0 aliphatic rings. The average molecular weight is 430 g/mol. The summed E-state index contributed by atoms with van der Waals surface area (Å²) in [6, 6.07) is 15.6. The van der Waals surface area contributed by atoms with Gasteiger partial charge in [-0.15, -0.1) is 0 Å². The minimum absolute atomic E-state index is 0.00886. The quantitative estimate of drug-likeness (QED) is 0.371. The summed E-state index contributed by atoms with van der Waals surface area (Å²) in [6.07, 6.45) is -1.28. The molecule has 0 aliphatic heterocycles. The number of aliphatic hydroxyl groups excluding tert-OH is 1. The number of carbonyl (C=O) groups excluding carboxylic acids is 2. The first-order chi connectivity index (χ1) is 14.3. The highest BCUT2D eigenvalue weighted by atomic mass is 32.2. The second-order valence-corrected chi connectivity index (χ2v) is 8.97. The van der Waals surface area contributed by atoms with Gasteiger partial charge in [0, 0.05) is 13.0 Å². The van der Waals surface area contributed by atoms with E-state index in [1.807, 2.05) is 0 Å². The van der Waals surface area contributed by atoms with Crippen LogP contribution in [0.15, 0.2) is 59.0 Å². The van der Waals surface area contributed by atoms with Crippen LogP contribution in [0.4, 0.5) is 0 Å². The van der Waals surface area contributed by atoms with Crippen molar-refractivity contribution in [2.24, 2.45) is 0 Å². The highest BCUT2D eigenvalue weighted by Crippen LogP contribution is 2.16. The maximum atomic E-state index is 12.2. The molecule has 9 heteroatoms. The van der Waals surface area contributed by atoms with E-state index in [0.29, 0.717) is 23.1 Å². The Hall–Kier alpha value is -3.04. The number of amides is 1. The van der Waals surface area contributed by atoms with Crippen molar-refractivity contribution in [3.8, 4) is 0 Å². The van der Waals surface area contributed by atoms with Crippen molar-refractivity contribution in [1.82, 2.24) is 10.3 Å². The van der Waals surface area contributed by atoms with Crippen LogP contribution in [0.2, 0.25) is 0 Å². The van der Waals surface area contributed by atoms with E-state index in [9.17, 15) is 23.1 Å². The zero-order chi connectivity index (χ0) is 21.6. The lowest BCUT2D eigenvalue weighted by Crippen LogP contribution is -2.39. The Morgan fingerprint density at radius 2 is 1.77 bits per heavy atom. The zero-order valence-corrected chi connectivity index (χ0v) is 17.0. The van der Waals surface area contributed by atoms with E-state index in [0.717, 1.165) is 0 Å². The van der Waals surface area contributed by atoms with Crippen LogP contribution in [0.5, 0.6) is 0 Å². The minimum atomic E-state index is -3.66. The SMILES string of the molecule is O=C(CCCNC(=O)[C@@H](O)CS(=O)(=O)Cc1ccccc1)c1nc2ccccc2o1. The molecule has 158 valence electrons. The summed E-state index contributed by atoms with van der Waals surface area (Å²) in [5.41, 5.74) is 1.70. The summed E-state index contributed by atoms with van der Waals surface area (Å²) in [4.78, 5) is 28.2. The summed E-state index contributed by atoms with van der Waals surface area (Å²) in [7, 11) is -3.66. The standard InChI is InChI=1S/C21H22N2O6S/c24-17(21-23-16-9-4-5-11-19(16)29-21)10-6-12-22-20(26)18(25)14-30(27,28)13-15-7-2-1-3-8-15/h1-5,7-9,11,18,25H,6,10,12-14H2,(H,22,26)/t18-/m0/s1. The lowest BCUT2D eigenvalue weighted by molar-refractivity contribution is -0.128. The summed E-state index contributed by atoms with van der Waals surface area (Å²) in [6.45, 7) is 0.112. The molecule has 0 unspecified atom stereocenters. The van der Waals surface area contributed by atoms with E-state index < -0.39 is 27.6 Å². The number of aromatic nitrogens is 1. The predicted molar refractivity (Wildman–Crippen MR) is 111 cm³/mol. The van der Waals surface area contributed by atoms with Crippen LogP contribution in [0.25, 0.3) is 11.1 Å². The summed E-state index contributed by atoms with van der Waals surface area (Å²) < 4.78 is 29.7. The number of benzene rings is 2. The van der Waals surface area contributed by atoms with Crippen molar-refractivity contribution in [2.45, 2.75) is 24.7 Å². The van der Waals surface area contributed by atoms with Crippen LogP contribution >= 0.6 is 0 Å². The van der Waals surface area contributed by atoms with Crippen LogP contribution in [0.3, 0.4) is 0 Å². The van der Waals surface area contributed by atoms with E-state index >= 15 is 0 Å². The number of sulfone groups is 1. The fourth-order valence-corrected chi connectivity index (χ4v) is 4.33. The second kappa shape index (κ2) is 9.64. The molecule has 1 atom stereocenters. The Balaban J connectivity index is 1.41. The van der Waals surface area contributed by atoms with Crippen molar-refractivity contribution in [1.29, 1.82) is 0 Å². The molecular formula is C21H22N2O6S. The summed E-state index contributed by atoms with van der Waals surface area (Å²) >= 11 is 0. The predicted octanol–water partition coefficient (Wildman–Crippen LogP) is 1.88. The smallest absolute Gasteiger partial charge is 0.264 e. The lowest BCUT2D eigenvalue weighted by atomic mass is 10.2. The van der Waals surface area contributed by atoms with Crippen molar-refractivity contribution in [3.05, 3.63) is 66.1 Å². The van der Waals surface area contributed by atoms with Gasteiger partial charge in [0.2, 0.25) is 11.7 Å². The average Bonchev–Trinajstić information content (AvgIpc) is 3.15. The van der Waals surface area contributed by atoms with Crippen molar-refractivity contribution in [2.75, 3.05) is 12.3 Å². The zero-order valence-electron chi connectivity index (χ0n) is 16.2. The Bertz CT molecular complexity index is 1090. The number of hydrogen-bond donors (Lipinski definition) is 2. The van der Waals surface area contributed by atoms with Gasteiger partial charge in [-0.2, -0.15) is 0 Å². The van der Waals surface area contributed by atoms with Gasteiger partial charge >= 0.3 is 0 Å². The monoisotopic (exact) mass is 430 g/mol. The number of hydrogen-bond acceptors (Lipinski definition) is 7. The molecular weight excluding hydrogens is 408 g/mol. The van der Waals surface area contributed by atoms with Gasteiger partial charge in [-0.25, -0.2) is 13.4 Å². The summed E-state index contributed by atoms with van der Waals surface area (Å²) in [5.74, 6) is -2.01. The molecule has 0 saturated carbocycles. The van der Waals surface area contributed by atoms with Gasteiger partial charge in [-0.3, -0.25) is 9.59 Å². The first-order valence-electron chi connectivity index (χ1n) is 9.43. The third kappa shape index (κ3) is 5.98. The van der Waals surface area contributed by atoms with Crippen molar-refractivity contribution in [3.63, 3.8) is 0 Å². The normalized spacial score (nSPS) is 12.6. The maximum Gasteiger partial charge on any atom is 0.264 e. The molecule has 1 amide bonds. The van der Waals surface area contributed by atoms with E-state index in [2.05, 4.69) is 10.3 Å². The Kier molecular flexibility index (Phi) is 6.96. The van der Waals surface area contributed by atoms with Gasteiger partial charge in [0.25, 0.3) is 5.89 Å². The van der Waals surface area contributed by atoms with Crippen LogP contribution in [0, 0.1) is 0 Å². The number of fused-ring (bicyclic) bond motifs is 1. The highest BCUT2D eigenvalue weighted by molar-refractivity contribution is 7.90. The molecule has 1 aromatic heterocycles. The first kappa shape index (κ1) is 21.7. The molecule has 3 rings (SSSR count). The van der Waals surface area contributed by atoms with Gasteiger partial charge in [0.05, 0.1) is 11.5 Å². The number of carbonyl (C=O) groups is 2. The number of aliphatic hydroxyl groups is 1. The van der Waals surface area contributed by atoms with Gasteiger partial charge < -0.3 is 14.8 Å². The van der Waals surface area contributed by atoms with Crippen molar-refractivity contribution >= 4 is 32.6 Å². The molecule has 0 bridgehead atoms. The lowest BCUT2D eigenvalue weighted by Gasteiger charge is -2.12. The van der Waals surface area contributed by atoms with Crippen LogP contribution < -0.4 is 5.32 Å². The number of nitrogens with one attached hydrogen (secondary N) is 1. The highest BCUT2D eigenvalue weighted by Gasteiger charge is 2.23. The second-order valence-electron chi connectivity index (χ2n) is 6.86. The minimum Gasteiger partial charge on any atom is -0.434 e. The third-order valence-electron chi connectivity index (χ3n) is 4.36. The van der Waals surface area contributed by atoms with Gasteiger partial charge in [-0.1, -0.05) is 42.5 Å². The molecule has 1 heterocycles. The maximum absolute atomic E-state index is 12.2. The number of rotatable bonds is 10. The van der Waals surface area contributed by atoms with E-state index in [1.165, 1.54) is 0 Å². The molecule has 0 aliphatic carbocycles. The first-order valence-corrected chi connectivity index (χ1v) is 11.2.